The Labute approximate surface area is 117 Å². The number of furan rings is 1. The van der Waals surface area contributed by atoms with Crippen molar-refractivity contribution in [2.24, 2.45) is 5.92 Å². The van der Waals surface area contributed by atoms with Crippen LogP contribution in [0.1, 0.15) is 48.2 Å². The molecule has 3 rings (SSSR count). The van der Waals surface area contributed by atoms with Crippen molar-refractivity contribution in [2.45, 2.75) is 51.1 Å². The van der Waals surface area contributed by atoms with Crippen LogP contribution in [0.25, 0.3) is 0 Å². The molecule has 3 atom stereocenters. The van der Waals surface area contributed by atoms with Gasteiger partial charge in [-0.25, -0.2) is 4.79 Å². The monoisotopic (exact) mass is 277 g/mol. The molecule has 1 N–H and O–H groups in total. The number of amides is 1. The van der Waals surface area contributed by atoms with Crippen LogP contribution in [0.3, 0.4) is 0 Å². The lowest BCUT2D eigenvalue weighted by molar-refractivity contribution is -0.141. The van der Waals surface area contributed by atoms with Gasteiger partial charge in [-0.3, -0.25) is 4.79 Å². The van der Waals surface area contributed by atoms with Crippen molar-refractivity contribution in [3.63, 3.8) is 0 Å². The molecule has 20 heavy (non-hydrogen) atoms. The quantitative estimate of drug-likeness (QED) is 0.901. The summed E-state index contributed by atoms with van der Waals surface area (Å²) in [4.78, 5) is 25.8. The summed E-state index contributed by atoms with van der Waals surface area (Å²) < 4.78 is 5.18. The Balaban J connectivity index is 1.93. The molecule has 1 saturated carbocycles. The zero-order valence-electron chi connectivity index (χ0n) is 11.5. The Morgan fingerprint density at radius 3 is 2.75 bits per heavy atom. The van der Waals surface area contributed by atoms with Crippen LogP contribution >= 0.6 is 0 Å². The van der Waals surface area contributed by atoms with E-state index >= 15 is 0 Å². The van der Waals surface area contributed by atoms with Gasteiger partial charge < -0.3 is 14.4 Å². The van der Waals surface area contributed by atoms with Gasteiger partial charge >= 0.3 is 5.97 Å². The van der Waals surface area contributed by atoms with Crippen LogP contribution in [-0.4, -0.2) is 34.0 Å². The molecule has 1 amide bonds. The lowest BCUT2D eigenvalue weighted by Crippen LogP contribution is -2.46. The molecule has 0 spiro atoms. The summed E-state index contributed by atoms with van der Waals surface area (Å²) in [5.74, 6) is -0.202. The Morgan fingerprint density at radius 1 is 1.35 bits per heavy atom. The molecule has 1 aliphatic heterocycles. The number of hydrogen-bond donors (Lipinski definition) is 1. The van der Waals surface area contributed by atoms with Crippen molar-refractivity contribution in [3.05, 3.63) is 23.7 Å². The van der Waals surface area contributed by atoms with Gasteiger partial charge in [-0.2, -0.15) is 0 Å². The summed E-state index contributed by atoms with van der Waals surface area (Å²) in [7, 11) is 0. The predicted molar refractivity (Wildman–Crippen MR) is 71.4 cm³/mol. The minimum absolute atomic E-state index is 0.0756. The minimum Gasteiger partial charge on any atom is -0.480 e. The van der Waals surface area contributed by atoms with Crippen molar-refractivity contribution in [3.8, 4) is 0 Å². The van der Waals surface area contributed by atoms with Gasteiger partial charge in [0.2, 0.25) is 0 Å². The zero-order valence-corrected chi connectivity index (χ0v) is 11.5. The van der Waals surface area contributed by atoms with E-state index in [0.29, 0.717) is 23.7 Å². The normalized spacial score (nSPS) is 29.2. The highest BCUT2D eigenvalue weighted by atomic mass is 16.4. The number of aliphatic carboxylic acids is 1. The van der Waals surface area contributed by atoms with Crippen molar-refractivity contribution in [1.29, 1.82) is 0 Å². The molecular formula is C15H19NO4. The van der Waals surface area contributed by atoms with Crippen molar-refractivity contribution in [2.75, 3.05) is 0 Å². The van der Waals surface area contributed by atoms with Gasteiger partial charge in [0, 0.05) is 6.04 Å². The van der Waals surface area contributed by atoms with Gasteiger partial charge in [0.25, 0.3) is 5.91 Å². The first-order valence-electron chi connectivity index (χ1n) is 7.19. The molecule has 2 fully saturated rings. The molecule has 3 unspecified atom stereocenters. The molecule has 108 valence electrons. The van der Waals surface area contributed by atoms with Crippen LogP contribution in [0.2, 0.25) is 0 Å². The fourth-order valence-electron chi connectivity index (χ4n) is 3.72. The second-order valence-electron chi connectivity index (χ2n) is 5.80. The Bertz CT molecular complexity index is 536. The highest BCUT2D eigenvalue weighted by Crippen LogP contribution is 2.40. The van der Waals surface area contributed by atoms with E-state index in [9.17, 15) is 14.7 Å². The average Bonchev–Trinajstić information content (AvgIpc) is 3.01. The third-order valence-corrected chi connectivity index (χ3v) is 4.70. The first-order valence-corrected chi connectivity index (χ1v) is 7.19. The predicted octanol–water partition coefficient (Wildman–Crippen LogP) is 2.45. The second-order valence-corrected chi connectivity index (χ2v) is 5.80. The number of carbonyl (C=O) groups is 2. The number of carbonyl (C=O) groups excluding carboxylic acids is 1. The maximum absolute atomic E-state index is 12.7. The number of carboxylic acids is 1. The fraction of sp³-hybridized carbons (Fsp3) is 0.600. The number of fused-ring (bicyclic) bond motifs is 1. The first-order chi connectivity index (χ1) is 9.59. The molecule has 1 saturated heterocycles. The average molecular weight is 277 g/mol. The highest BCUT2D eigenvalue weighted by molar-refractivity contribution is 5.98. The highest BCUT2D eigenvalue weighted by Gasteiger charge is 2.48. The van der Waals surface area contributed by atoms with Gasteiger partial charge in [-0.1, -0.05) is 12.8 Å². The van der Waals surface area contributed by atoms with E-state index in [2.05, 4.69) is 0 Å². The molecule has 5 nitrogen and oxygen atoms in total. The lowest BCUT2D eigenvalue weighted by Gasteiger charge is -2.32. The number of hydrogen-bond acceptors (Lipinski definition) is 3. The van der Waals surface area contributed by atoms with E-state index in [1.165, 1.54) is 6.26 Å². The molecule has 0 aromatic carbocycles. The first kappa shape index (κ1) is 13.2. The van der Waals surface area contributed by atoms with E-state index in [-0.39, 0.29) is 11.9 Å². The molecule has 0 radical (unpaired) electrons. The van der Waals surface area contributed by atoms with Crippen LogP contribution < -0.4 is 0 Å². The number of nitrogens with zero attached hydrogens (tertiary/aromatic N) is 1. The van der Waals surface area contributed by atoms with Crippen molar-refractivity contribution >= 4 is 11.9 Å². The van der Waals surface area contributed by atoms with Crippen molar-refractivity contribution < 1.29 is 19.1 Å². The molecule has 2 aliphatic rings. The van der Waals surface area contributed by atoms with Crippen LogP contribution in [0.5, 0.6) is 0 Å². The van der Waals surface area contributed by atoms with Gasteiger partial charge in [0.1, 0.15) is 11.8 Å². The largest absolute Gasteiger partial charge is 0.480 e. The molecule has 1 aromatic rings. The molecule has 0 bridgehead atoms. The van der Waals surface area contributed by atoms with E-state index in [4.69, 9.17) is 4.42 Å². The Kier molecular flexibility index (Phi) is 3.28. The van der Waals surface area contributed by atoms with E-state index < -0.39 is 12.0 Å². The molecule has 2 heterocycles. The number of rotatable bonds is 2. The minimum atomic E-state index is -0.895. The summed E-state index contributed by atoms with van der Waals surface area (Å²) in [6.45, 7) is 1.73. The van der Waals surface area contributed by atoms with Gasteiger partial charge in [-0.15, -0.1) is 0 Å². The Morgan fingerprint density at radius 2 is 2.10 bits per heavy atom. The van der Waals surface area contributed by atoms with E-state index in [1.54, 1.807) is 17.9 Å². The van der Waals surface area contributed by atoms with Gasteiger partial charge in [0.05, 0.1) is 11.8 Å². The van der Waals surface area contributed by atoms with E-state index in [1.807, 2.05) is 0 Å². The maximum atomic E-state index is 12.7. The molecular weight excluding hydrogens is 258 g/mol. The van der Waals surface area contributed by atoms with E-state index in [0.717, 1.165) is 25.7 Å². The Hall–Kier alpha value is -1.78. The van der Waals surface area contributed by atoms with Crippen LogP contribution in [0, 0.1) is 12.8 Å². The lowest BCUT2D eigenvalue weighted by atomic mass is 9.84. The maximum Gasteiger partial charge on any atom is 0.326 e. The smallest absolute Gasteiger partial charge is 0.326 e. The summed E-state index contributed by atoms with van der Waals surface area (Å²) in [6.07, 6.45) is 6.22. The molecule has 1 aromatic heterocycles. The topological polar surface area (TPSA) is 70.8 Å². The SMILES string of the molecule is Cc1occc1C(=O)N1C(C(=O)O)CC2CCCCC21. The standard InChI is InChI=1S/C15H19NO4/c1-9-11(6-7-20-9)14(17)16-12-5-3-2-4-10(12)8-13(16)15(18)19/h6-7,10,12-13H,2-5,8H2,1H3,(H,18,19). The fourth-order valence-corrected chi connectivity index (χ4v) is 3.72. The molecule has 1 aliphatic carbocycles. The number of aryl methyl sites for hydroxylation is 1. The third-order valence-electron chi connectivity index (χ3n) is 4.70. The number of carboxylic acid groups (broad SMARTS) is 1. The van der Waals surface area contributed by atoms with Crippen molar-refractivity contribution in [1.82, 2.24) is 4.90 Å². The molecule has 5 heteroatoms. The summed E-state index contributed by atoms with van der Waals surface area (Å²) in [6, 6.07) is 1.02. The number of likely N-dealkylation sites (tertiary alicyclic amines) is 1. The van der Waals surface area contributed by atoms with Crippen LogP contribution in [0.15, 0.2) is 16.7 Å². The van der Waals surface area contributed by atoms with Gasteiger partial charge in [0.15, 0.2) is 0 Å². The summed E-state index contributed by atoms with van der Waals surface area (Å²) >= 11 is 0. The summed E-state index contributed by atoms with van der Waals surface area (Å²) in [5.41, 5.74) is 0.488. The zero-order chi connectivity index (χ0) is 14.3. The summed E-state index contributed by atoms with van der Waals surface area (Å²) in [5, 5.41) is 9.43. The van der Waals surface area contributed by atoms with Gasteiger partial charge in [-0.05, 0) is 38.2 Å². The second kappa shape index (κ2) is 4.96. The third kappa shape index (κ3) is 2.01. The van der Waals surface area contributed by atoms with Crippen LogP contribution in [0.4, 0.5) is 0 Å². The van der Waals surface area contributed by atoms with Crippen LogP contribution in [-0.2, 0) is 4.79 Å².